The Bertz CT molecular complexity index is 625. The lowest BCUT2D eigenvalue weighted by Gasteiger charge is -1.86. The topological polar surface area (TPSA) is 38.4 Å². The van der Waals surface area contributed by atoms with E-state index in [4.69, 9.17) is 4.42 Å². The lowest BCUT2D eigenvalue weighted by Crippen LogP contribution is -1.97. The molecule has 2 aliphatic rings. The Hall–Kier alpha value is -2.42. The molecule has 3 nitrogen and oxygen atoms in total. The monoisotopic (exact) mass is 222 g/mol. The predicted octanol–water partition coefficient (Wildman–Crippen LogP) is 3.01. The van der Waals surface area contributed by atoms with Crippen molar-refractivity contribution in [2.24, 2.45) is 4.99 Å². The first-order valence-electron chi connectivity index (χ1n) is 5.37. The van der Waals surface area contributed by atoms with Crippen LogP contribution < -0.4 is 5.68 Å². The molecule has 0 bridgehead atoms. The van der Waals surface area contributed by atoms with Crippen LogP contribution in [0.15, 0.2) is 70.1 Å². The van der Waals surface area contributed by atoms with Gasteiger partial charge in [0.1, 0.15) is 5.69 Å². The summed E-state index contributed by atoms with van der Waals surface area (Å²) in [4.78, 5) is 8.64. The normalized spacial score (nSPS) is 11.9. The third-order valence-electron chi connectivity index (χ3n) is 2.37. The first-order valence-corrected chi connectivity index (χ1v) is 5.37. The number of oxazole rings is 1. The Morgan fingerprint density at radius 1 is 0.824 bits per heavy atom. The summed E-state index contributed by atoms with van der Waals surface area (Å²) in [7, 11) is 0. The molecule has 0 saturated carbocycles. The second-order valence-corrected chi connectivity index (χ2v) is 3.60. The van der Waals surface area contributed by atoms with Crippen molar-refractivity contribution in [3.05, 3.63) is 66.3 Å². The summed E-state index contributed by atoms with van der Waals surface area (Å²) in [5.41, 5.74) is 2.03. The van der Waals surface area contributed by atoms with E-state index >= 15 is 0 Å². The lowest BCUT2D eigenvalue weighted by molar-refractivity contribution is 0.515. The molecule has 0 amide bonds. The molecule has 0 unspecified atom stereocenters. The number of fused-ring (bicyclic) bond motifs is 1. The fourth-order valence-corrected chi connectivity index (χ4v) is 1.58. The van der Waals surface area contributed by atoms with E-state index in [0.29, 0.717) is 5.68 Å². The number of aromatic nitrogens is 1. The van der Waals surface area contributed by atoms with Gasteiger partial charge in [-0.05, 0) is 24.3 Å². The molecule has 82 valence electrons. The van der Waals surface area contributed by atoms with Crippen LogP contribution >= 0.6 is 0 Å². The molecule has 17 heavy (non-hydrogen) atoms. The summed E-state index contributed by atoms with van der Waals surface area (Å²) in [6.45, 7) is 0. The quantitative estimate of drug-likeness (QED) is 0.634. The minimum absolute atomic E-state index is 0.386. The van der Waals surface area contributed by atoms with E-state index in [1.807, 2.05) is 60.7 Å². The maximum absolute atomic E-state index is 5.55. The highest BCUT2D eigenvalue weighted by atomic mass is 16.4. The molecule has 3 rings (SSSR count). The van der Waals surface area contributed by atoms with Crippen molar-refractivity contribution < 1.29 is 4.42 Å². The van der Waals surface area contributed by atoms with Gasteiger partial charge in [0.25, 0.3) is 0 Å². The van der Waals surface area contributed by atoms with E-state index in [9.17, 15) is 0 Å². The molecule has 0 N–H and O–H groups in total. The van der Waals surface area contributed by atoms with Crippen LogP contribution in [0.5, 0.6) is 0 Å². The van der Waals surface area contributed by atoms with Crippen molar-refractivity contribution in [1.29, 1.82) is 0 Å². The third kappa shape index (κ3) is 2.08. The van der Waals surface area contributed by atoms with E-state index in [2.05, 4.69) is 9.98 Å². The van der Waals surface area contributed by atoms with Gasteiger partial charge in [0.05, 0.1) is 5.69 Å². The number of benzene rings is 1. The van der Waals surface area contributed by atoms with Crippen molar-refractivity contribution in [3.63, 3.8) is 0 Å². The van der Waals surface area contributed by atoms with Gasteiger partial charge in [0, 0.05) is 0 Å². The lowest BCUT2D eigenvalue weighted by atomic mass is 10.3. The highest BCUT2D eigenvalue weighted by Gasteiger charge is 2.05. The molecular weight excluding hydrogens is 212 g/mol. The van der Waals surface area contributed by atoms with Crippen LogP contribution in [0.4, 0.5) is 5.69 Å². The van der Waals surface area contributed by atoms with Crippen LogP contribution in [0.1, 0.15) is 0 Å². The standard InChI is InChI=1S/C14H10N2O/c1-3-7-11(8-4-1)15-14-16-12-9-5-2-6-10-13(12)17-14/h1-10H. The highest BCUT2D eigenvalue weighted by molar-refractivity contribution is 5.51. The Labute approximate surface area is 98.4 Å². The molecule has 1 aliphatic heterocycles. The summed E-state index contributed by atoms with van der Waals surface area (Å²) in [5.74, 6) is 0.740. The zero-order chi connectivity index (χ0) is 11.5. The van der Waals surface area contributed by atoms with Crippen molar-refractivity contribution in [1.82, 2.24) is 4.98 Å². The first-order chi connectivity index (χ1) is 8.42. The minimum Gasteiger partial charge on any atom is -0.422 e. The van der Waals surface area contributed by atoms with Crippen LogP contribution in [0.25, 0.3) is 11.5 Å². The van der Waals surface area contributed by atoms with Crippen LogP contribution in [-0.4, -0.2) is 4.98 Å². The predicted molar refractivity (Wildman–Crippen MR) is 64.8 cm³/mol. The van der Waals surface area contributed by atoms with Gasteiger partial charge in [-0.1, -0.05) is 36.4 Å². The van der Waals surface area contributed by atoms with Gasteiger partial charge < -0.3 is 4.42 Å². The van der Waals surface area contributed by atoms with E-state index in [1.165, 1.54) is 0 Å². The molecule has 1 heterocycles. The van der Waals surface area contributed by atoms with Gasteiger partial charge in [-0.25, -0.2) is 0 Å². The Morgan fingerprint density at radius 3 is 2.35 bits per heavy atom. The molecule has 0 saturated heterocycles. The molecule has 3 heteroatoms. The fraction of sp³-hybridized carbons (Fsp3) is 0. The van der Waals surface area contributed by atoms with Crippen LogP contribution in [0.2, 0.25) is 0 Å². The van der Waals surface area contributed by atoms with Crippen molar-refractivity contribution in [2.45, 2.75) is 0 Å². The average Bonchev–Trinajstić information content (AvgIpc) is 2.60. The minimum atomic E-state index is 0.386. The maximum Gasteiger partial charge on any atom is 0.323 e. The van der Waals surface area contributed by atoms with Crippen LogP contribution in [-0.2, 0) is 0 Å². The second kappa shape index (κ2) is 4.22. The molecule has 0 atom stereocenters. The molecule has 0 fully saturated rings. The molecule has 1 aliphatic carbocycles. The van der Waals surface area contributed by atoms with Gasteiger partial charge in [-0.15, -0.1) is 0 Å². The number of hydrogen-bond donors (Lipinski definition) is 0. The van der Waals surface area contributed by atoms with Gasteiger partial charge in [-0.2, -0.15) is 9.98 Å². The Balaban J connectivity index is 2.14. The number of hydrogen-bond acceptors (Lipinski definition) is 3. The van der Waals surface area contributed by atoms with Crippen molar-refractivity contribution in [2.75, 3.05) is 0 Å². The summed E-state index contributed by atoms with van der Waals surface area (Å²) < 4.78 is 5.55. The zero-order valence-corrected chi connectivity index (χ0v) is 9.08. The second-order valence-electron chi connectivity index (χ2n) is 3.60. The van der Waals surface area contributed by atoms with E-state index in [1.54, 1.807) is 0 Å². The van der Waals surface area contributed by atoms with Crippen molar-refractivity contribution in [3.8, 4) is 11.5 Å². The Kier molecular flexibility index (Phi) is 2.43. The van der Waals surface area contributed by atoms with E-state index in [0.717, 1.165) is 17.1 Å². The largest absolute Gasteiger partial charge is 0.422 e. The molecule has 1 aromatic carbocycles. The van der Waals surface area contributed by atoms with Crippen molar-refractivity contribution >= 4 is 5.69 Å². The summed E-state index contributed by atoms with van der Waals surface area (Å²) in [6.07, 6.45) is 0. The first kappa shape index (κ1) is 9.78. The van der Waals surface area contributed by atoms with Crippen LogP contribution in [0, 0.1) is 0 Å². The maximum atomic E-state index is 5.55. The zero-order valence-electron chi connectivity index (χ0n) is 9.08. The molecule has 0 aromatic heterocycles. The van der Waals surface area contributed by atoms with Gasteiger partial charge in [0.2, 0.25) is 0 Å². The molecule has 0 spiro atoms. The molecular formula is C14H10N2O. The summed E-state index contributed by atoms with van der Waals surface area (Å²) >= 11 is 0. The summed E-state index contributed by atoms with van der Waals surface area (Å²) in [5, 5.41) is 0. The van der Waals surface area contributed by atoms with E-state index in [-0.39, 0.29) is 0 Å². The smallest absolute Gasteiger partial charge is 0.323 e. The van der Waals surface area contributed by atoms with Crippen LogP contribution in [0.3, 0.4) is 0 Å². The number of nitrogens with zero attached hydrogens (tertiary/aromatic N) is 2. The van der Waals surface area contributed by atoms with Gasteiger partial charge in [-0.3, -0.25) is 0 Å². The van der Waals surface area contributed by atoms with Gasteiger partial charge >= 0.3 is 5.68 Å². The number of rotatable bonds is 1. The number of para-hydroxylation sites is 1. The fourth-order valence-electron chi connectivity index (χ4n) is 1.58. The third-order valence-corrected chi connectivity index (χ3v) is 2.37. The van der Waals surface area contributed by atoms with Gasteiger partial charge in [0.15, 0.2) is 5.76 Å². The SMILES string of the molecule is c1ccc(N=c2nc3cccccc-3o2)cc1. The average molecular weight is 222 g/mol. The van der Waals surface area contributed by atoms with E-state index < -0.39 is 0 Å². The highest BCUT2D eigenvalue weighted by Crippen LogP contribution is 2.15. The summed E-state index contributed by atoms with van der Waals surface area (Å²) in [6, 6.07) is 19.2. The molecule has 1 aromatic rings. The Morgan fingerprint density at radius 2 is 1.53 bits per heavy atom. The molecule has 0 radical (unpaired) electrons.